The molecule has 1 aliphatic heterocycles. The summed E-state index contributed by atoms with van der Waals surface area (Å²) in [6.07, 6.45) is -1.98. The molecule has 0 spiro atoms. The Kier molecular flexibility index (Phi) is 5.14. The van der Waals surface area contributed by atoms with Crippen molar-refractivity contribution in [2.45, 2.75) is 12.1 Å². The standard InChI is InChI=1S/C13H15F3N4O4/c1-22-9-6-13(21,23-2)20-11(18-9)19-10-8(4-3-5-17-10)24-7-12(14,15)16/h3-6,21H,7H2,1-2H3,(H2,17,18,19,20). The van der Waals surface area contributed by atoms with Crippen molar-refractivity contribution in [2.75, 3.05) is 26.1 Å². The number of ether oxygens (including phenoxy) is 3. The number of anilines is 1. The summed E-state index contributed by atoms with van der Waals surface area (Å²) >= 11 is 0. The number of aliphatic hydroxyl groups is 1. The van der Waals surface area contributed by atoms with E-state index in [1.807, 2.05) is 0 Å². The van der Waals surface area contributed by atoms with Gasteiger partial charge in [0, 0.05) is 13.3 Å². The van der Waals surface area contributed by atoms with E-state index >= 15 is 0 Å². The molecule has 0 saturated heterocycles. The van der Waals surface area contributed by atoms with Crippen molar-refractivity contribution < 1.29 is 32.5 Å². The molecule has 11 heteroatoms. The van der Waals surface area contributed by atoms with E-state index in [0.717, 1.165) is 6.08 Å². The van der Waals surface area contributed by atoms with Gasteiger partial charge in [0.1, 0.15) is 0 Å². The van der Waals surface area contributed by atoms with Crippen molar-refractivity contribution in [3.05, 3.63) is 30.3 Å². The molecule has 1 aromatic rings. The molecule has 0 radical (unpaired) electrons. The second-order valence-electron chi connectivity index (χ2n) is 4.54. The molecule has 0 aliphatic carbocycles. The maximum Gasteiger partial charge on any atom is 0.422 e. The molecule has 1 aliphatic rings. The van der Waals surface area contributed by atoms with Gasteiger partial charge in [-0.05, 0) is 12.1 Å². The highest BCUT2D eigenvalue weighted by atomic mass is 19.4. The number of hydrogen-bond donors (Lipinski definition) is 3. The lowest BCUT2D eigenvalue weighted by atomic mass is 10.4. The van der Waals surface area contributed by atoms with Crippen LogP contribution in [0.2, 0.25) is 0 Å². The van der Waals surface area contributed by atoms with Crippen LogP contribution in [0.3, 0.4) is 0 Å². The summed E-state index contributed by atoms with van der Waals surface area (Å²) in [7, 11) is 2.56. The number of guanidine groups is 1. The van der Waals surface area contributed by atoms with Crippen LogP contribution in [0.25, 0.3) is 0 Å². The first kappa shape index (κ1) is 17.8. The van der Waals surface area contributed by atoms with Gasteiger partial charge in [-0.15, -0.1) is 0 Å². The predicted octanol–water partition coefficient (Wildman–Crippen LogP) is 1.17. The second kappa shape index (κ2) is 6.93. The predicted molar refractivity (Wildman–Crippen MR) is 77.0 cm³/mol. The number of aromatic nitrogens is 1. The van der Waals surface area contributed by atoms with Crippen molar-refractivity contribution in [3.63, 3.8) is 0 Å². The molecule has 0 amide bonds. The van der Waals surface area contributed by atoms with Gasteiger partial charge in [-0.2, -0.15) is 18.2 Å². The average molecular weight is 348 g/mol. The van der Waals surface area contributed by atoms with Crippen LogP contribution < -0.4 is 15.4 Å². The van der Waals surface area contributed by atoms with Gasteiger partial charge < -0.3 is 24.6 Å². The van der Waals surface area contributed by atoms with Crippen LogP contribution in [0.15, 0.2) is 35.3 Å². The van der Waals surface area contributed by atoms with Gasteiger partial charge in [0.05, 0.1) is 13.2 Å². The van der Waals surface area contributed by atoms with Crippen LogP contribution in [0, 0.1) is 0 Å². The van der Waals surface area contributed by atoms with Crippen molar-refractivity contribution in [1.29, 1.82) is 0 Å². The smallest absolute Gasteiger partial charge is 0.422 e. The first-order valence-corrected chi connectivity index (χ1v) is 6.57. The highest BCUT2D eigenvalue weighted by molar-refractivity contribution is 5.95. The number of alkyl halides is 3. The van der Waals surface area contributed by atoms with Crippen molar-refractivity contribution in [1.82, 2.24) is 10.3 Å². The van der Waals surface area contributed by atoms with E-state index in [4.69, 9.17) is 14.2 Å². The zero-order valence-electron chi connectivity index (χ0n) is 12.7. The Hall–Kier alpha value is -2.53. The molecule has 2 heterocycles. The molecule has 1 aromatic heterocycles. The van der Waals surface area contributed by atoms with Crippen molar-refractivity contribution in [2.24, 2.45) is 4.99 Å². The summed E-state index contributed by atoms with van der Waals surface area (Å²) in [5, 5.41) is 15.3. The Morgan fingerprint density at radius 3 is 2.75 bits per heavy atom. The summed E-state index contributed by atoms with van der Waals surface area (Å²) in [6, 6.07) is 2.72. The molecule has 1 unspecified atom stereocenters. The van der Waals surface area contributed by atoms with E-state index in [-0.39, 0.29) is 23.4 Å². The van der Waals surface area contributed by atoms with Crippen LogP contribution in [0.1, 0.15) is 0 Å². The molecule has 0 fully saturated rings. The minimum absolute atomic E-state index is 0.0381. The molecule has 132 valence electrons. The summed E-state index contributed by atoms with van der Waals surface area (Å²) in [6.45, 7) is -1.47. The average Bonchev–Trinajstić information content (AvgIpc) is 2.53. The molecular weight excluding hydrogens is 333 g/mol. The number of methoxy groups -OCH3 is 2. The number of rotatable bonds is 5. The van der Waals surface area contributed by atoms with Gasteiger partial charge >= 0.3 is 6.18 Å². The van der Waals surface area contributed by atoms with Gasteiger partial charge in [-0.1, -0.05) is 0 Å². The normalized spacial score (nSPS) is 20.6. The maximum absolute atomic E-state index is 12.3. The molecule has 24 heavy (non-hydrogen) atoms. The molecule has 0 bridgehead atoms. The molecule has 3 N–H and O–H groups in total. The number of nitrogens with one attached hydrogen (secondary N) is 2. The number of halogens is 3. The van der Waals surface area contributed by atoms with Crippen LogP contribution in [0.5, 0.6) is 5.75 Å². The Balaban J connectivity index is 2.19. The van der Waals surface area contributed by atoms with Crippen LogP contribution in [0.4, 0.5) is 19.0 Å². The largest absolute Gasteiger partial charge is 0.482 e. The Labute approximate surface area is 135 Å². The third-order valence-corrected chi connectivity index (χ3v) is 2.75. The number of aliphatic imine (C=N–C) groups is 1. The van der Waals surface area contributed by atoms with Crippen LogP contribution in [-0.2, 0) is 9.47 Å². The van der Waals surface area contributed by atoms with Gasteiger partial charge in [0.2, 0.25) is 5.96 Å². The third kappa shape index (κ3) is 4.73. The van der Waals surface area contributed by atoms with Gasteiger partial charge in [-0.25, -0.2) is 4.98 Å². The highest BCUT2D eigenvalue weighted by Crippen LogP contribution is 2.25. The van der Waals surface area contributed by atoms with E-state index in [0.29, 0.717) is 0 Å². The van der Waals surface area contributed by atoms with Gasteiger partial charge in [-0.3, -0.25) is 5.32 Å². The Morgan fingerprint density at radius 1 is 1.38 bits per heavy atom. The lowest BCUT2D eigenvalue weighted by Gasteiger charge is -2.26. The topological polar surface area (TPSA) is 97.2 Å². The van der Waals surface area contributed by atoms with Crippen molar-refractivity contribution >= 4 is 11.8 Å². The first-order valence-electron chi connectivity index (χ1n) is 6.57. The van der Waals surface area contributed by atoms with E-state index in [1.165, 1.54) is 32.5 Å². The summed E-state index contributed by atoms with van der Waals surface area (Å²) in [5.74, 6) is -2.13. The second-order valence-corrected chi connectivity index (χ2v) is 4.54. The fraction of sp³-hybridized carbons (Fsp3) is 0.385. The fourth-order valence-corrected chi connectivity index (χ4v) is 1.69. The zero-order valence-corrected chi connectivity index (χ0v) is 12.7. The highest BCUT2D eigenvalue weighted by Gasteiger charge is 2.31. The summed E-state index contributed by atoms with van der Waals surface area (Å²) < 4.78 is 51.4. The number of pyridine rings is 1. The monoisotopic (exact) mass is 348 g/mol. The SMILES string of the molecule is COC1=CC(O)(OC)N=C(Nc2ncccc2OCC(F)(F)F)N1. The van der Waals surface area contributed by atoms with Crippen LogP contribution in [-0.4, -0.2) is 49.0 Å². The van der Waals surface area contributed by atoms with Gasteiger partial charge in [0.15, 0.2) is 24.1 Å². The molecular formula is C13H15F3N4O4. The summed E-state index contributed by atoms with van der Waals surface area (Å²) in [4.78, 5) is 7.72. The lowest BCUT2D eigenvalue weighted by molar-refractivity contribution is -0.153. The van der Waals surface area contributed by atoms with E-state index in [9.17, 15) is 18.3 Å². The van der Waals surface area contributed by atoms with Crippen LogP contribution >= 0.6 is 0 Å². The van der Waals surface area contributed by atoms with Gasteiger partial charge in [0.25, 0.3) is 5.91 Å². The van der Waals surface area contributed by atoms with E-state index in [2.05, 4.69) is 20.6 Å². The zero-order chi connectivity index (χ0) is 17.8. The lowest BCUT2D eigenvalue weighted by Crippen LogP contribution is -2.42. The fourth-order valence-electron chi connectivity index (χ4n) is 1.69. The number of nitrogens with zero attached hydrogens (tertiary/aromatic N) is 2. The Morgan fingerprint density at radius 2 is 2.12 bits per heavy atom. The molecule has 0 saturated carbocycles. The van der Waals surface area contributed by atoms with Crippen molar-refractivity contribution in [3.8, 4) is 5.75 Å². The Bertz CT molecular complexity index is 650. The molecule has 8 nitrogen and oxygen atoms in total. The minimum atomic E-state index is -4.49. The third-order valence-electron chi connectivity index (χ3n) is 2.75. The minimum Gasteiger partial charge on any atom is -0.482 e. The van der Waals surface area contributed by atoms with E-state index in [1.54, 1.807) is 0 Å². The first-order chi connectivity index (χ1) is 11.2. The summed E-state index contributed by atoms with van der Waals surface area (Å²) in [5.41, 5.74) is 0. The van der Waals surface area contributed by atoms with E-state index < -0.39 is 18.7 Å². The maximum atomic E-state index is 12.3. The quantitative estimate of drug-likeness (QED) is 0.687. The molecule has 2 rings (SSSR count). The molecule has 1 atom stereocenters. The number of hydrogen-bond acceptors (Lipinski definition) is 8. The molecule has 0 aromatic carbocycles.